The molecule has 1 unspecified atom stereocenters. The molecule has 0 bridgehead atoms. The van der Waals surface area contributed by atoms with E-state index in [1.54, 1.807) is 24.3 Å². The van der Waals surface area contributed by atoms with Gasteiger partial charge in [0.1, 0.15) is 0 Å². The molecule has 3 aromatic carbocycles. The number of hydrogen-bond acceptors (Lipinski definition) is 2. The highest BCUT2D eigenvalue weighted by Crippen LogP contribution is 2.24. The van der Waals surface area contributed by atoms with Crippen molar-refractivity contribution < 1.29 is 4.79 Å². The number of benzene rings is 3. The Hall–Kier alpha value is -2.87. The maximum absolute atomic E-state index is 12.5. The van der Waals surface area contributed by atoms with Crippen LogP contribution in [-0.2, 0) is 0 Å². The van der Waals surface area contributed by atoms with Crippen molar-refractivity contribution in [2.45, 2.75) is 12.8 Å². The molecule has 0 heterocycles. The second-order valence-electron chi connectivity index (χ2n) is 5.71. The molecule has 0 saturated carbocycles. The fourth-order valence-electron chi connectivity index (χ4n) is 2.66. The Morgan fingerprint density at radius 1 is 0.739 bits per heavy atom. The smallest absolute Gasteiger partial charge is 0.193 e. The van der Waals surface area contributed by atoms with Crippen molar-refractivity contribution >= 4 is 11.5 Å². The number of nitrogens with two attached hydrogens (primary N) is 1. The molecule has 0 aliphatic carbocycles. The summed E-state index contributed by atoms with van der Waals surface area (Å²) in [7, 11) is 0. The summed E-state index contributed by atoms with van der Waals surface area (Å²) >= 11 is 0. The molecule has 0 amide bonds. The Kier molecular flexibility index (Phi) is 4.24. The lowest BCUT2D eigenvalue weighted by Crippen LogP contribution is -2.02. The van der Waals surface area contributed by atoms with Crippen molar-refractivity contribution in [3.05, 3.63) is 101 Å². The van der Waals surface area contributed by atoms with Crippen molar-refractivity contribution in [3.63, 3.8) is 0 Å². The molecule has 0 aliphatic rings. The lowest BCUT2D eigenvalue weighted by Gasteiger charge is -2.13. The summed E-state index contributed by atoms with van der Waals surface area (Å²) in [6, 6.07) is 25.2. The minimum absolute atomic E-state index is 0.0175. The van der Waals surface area contributed by atoms with Crippen LogP contribution in [-0.4, -0.2) is 5.78 Å². The van der Waals surface area contributed by atoms with Crippen LogP contribution >= 0.6 is 0 Å². The van der Waals surface area contributed by atoms with Crippen LogP contribution in [0.2, 0.25) is 0 Å². The molecule has 0 saturated heterocycles. The van der Waals surface area contributed by atoms with Crippen LogP contribution in [0.4, 0.5) is 5.69 Å². The molecule has 2 heteroatoms. The molecule has 114 valence electrons. The fourth-order valence-corrected chi connectivity index (χ4v) is 2.66. The Bertz CT molecular complexity index is 790. The van der Waals surface area contributed by atoms with E-state index in [1.165, 1.54) is 11.1 Å². The predicted octanol–water partition coefficient (Wildman–Crippen LogP) is 4.65. The van der Waals surface area contributed by atoms with E-state index in [-0.39, 0.29) is 5.78 Å². The Morgan fingerprint density at radius 2 is 1.22 bits per heavy atom. The first-order chi connectivity index (χ1) is 11.1. The molecule has 2 nitrogen and oxygen atoms in total. The van der Waals surface area contributed by atoms with Gasteiger partial charge in [0, 0.05) is 22.7 Å². The lowest BCUT2D eigenvalue weighted by molar-refractivity contribution is 0.103. The van der Waals surface area contributed by atoms with Gasteiger partial charge in [-0.05, 0) is 35.4 Å². The SMILES string of the molecule is CC(c1ccccc1)c1ccc(C(=O)c2ccc(N)cc2)cc1. The lowest BCUT2D eigenvalue weighted by atomic mass is 9.92. The summed E-state index contributed by atoms with van der Waals surface area (Å²) in [5.41, 5.74) is 10.1. The average molecular weight is 301 g/mol. The Balaban J connectivity index is 1.82. The molecule has 3 rings (SSSR count). The molecule has 3 aromatic rings. The highest BCUT2D eigenvalue weighted by molar-refractivity contribution is 6.09. The van der Waals surface area contributed by atoms with E-state index in [0.717, 1.165) is 0 Å². The van der Waals surface area contributed by atoms with Gasteiger partial charge in [0.2, 0.25) is 0 Å². The summed E-state index contributed by atoms with van der Waals surface area (Å²) in [5.74, 6) is 0.320. The molecule has 0 fully saturated rings. The maximum atomic E-state index is 12.5. The van der Waals surface area contributed by atoms with Gasteiger partial charge in [-0.25, -0.2) is 0 Å². The van der Waals surface area contributed by atoms with E-state index in [0.29, 0.717) is 22.7 Å². The number of anilines is 1. The van der Waals surface area contributed by atoms with Crippen LogP contribution in [0.1, 0.15) is 39.9 Å². The monoisotopic (exact) mass is 301 g/mol. The van der Waals surface area contributed by atoms with Gasteiger partial charge < -0.3 is 5.73 Å². The topological polar surface area (TPSA) is 43.1 Å². The zero-order chi connectivity index (χ0) is 16.2. The van der Waals surface area contributed by atoms with Gasteiger partial charge in [-0.15, -0.1) is 0 Å². The van der Waals surface area contributed by atoms with E-state index >= 15 is 0 Å². The van der Waals surface area contributed by atoms with Crippen LogP contribution in [0.15, 0.2) is 78.9 Å². The number of carbonyl (C=O) groups excluding carboxylic acids is 1. The van der Waals surface area contributed by atoms with Gasteiger partial charge in [0.05, 0.1) is 0 Å². The van der Waals surface area contributed by atoms with E-state index in [4.69, 9.17) is 5.73 Å². The number of ketones is 1. The van der Waals surface area contributed by atoms with E-state index in [9.17, 15) is 4.79 Å². The normalized spacial score (nSPS) is 11.9. The predicted molar refractivity (Wildman–Crippen MR) is 94.7 cm³/mol. The second kappa shape index (κ2) is 6.49. The third kappa shape index (κ3) is 3.32. The maximum Gasteiger partial charge on any atom is 0.193 e. The van der Waals surface area contributed by atoms with Crippen molar-refractivity contribution in [1.29, 1.82) is 0 Å². The van der Waals surface area contributed by atoms with Gasteiger partial charge in [-0.2, -0.15) is 0 Å². The summed E-state index contributed by atoms with van der Waals surface area (Å²) in [6.45, 7) is 2.17. The van der Waals surface area contributed by atoms with Gasteiger partial charge in [0.15, 0.2) is 5.78 Å². The highest BCUT2D eigenvalue weighted by atomic mass is 16.1. The van der Waals surface area contributed by atoms with Crippen molar-refractivity contribution in [1.82, 2.24) is 0 Å². The van der Waals surface area contributed by atoms with E-state index in [2.05, 4.69) is 19.1 Å². The van der Waals surface area contributed by atoms with E-state index < -0.39 is 0 Å². The number of hydrogen-bond donors (Lipinski definition) is 1. The number of rotatable bonds is 4. The highest BCUT2D eigenvalue weighted by Gasteiger charge is 2.11. The Morgan fingerprint density at radius 3 is 1.78 bits per heavy atom. The van der Waals surface area contributed by atoms with Crippen LogP contribution in [0.3, 0.4) is 0 Å². The van der Waals surface area contributed by atoms with Crippen molar-refractivity contribution in [3.8, 4) is 0 Å². The molecule has 1 atom stereocenters. The third-order valence-electron chi connectivity index (χ3n) is 4.15. The second-order valence-corrected chi connectivity index (χ2v) is 5.71. The summed E-state index contributed by atoms with van der Waals surface area (Å²) in [6.07, 6.45) is 0. The minimum atomic E-state index is 0.0175. The fraction of sp³-hybridized carbons (Fsp3) is 0.0952. The zero-order valence-corrected chi connectivity index (χ0v) is 13.1. The number of carbonyl (C=O) groups is 1. The van der Waals surface area contributed by atoms with Crippen LogP contribution in [0.25, 0.3) is 0 Å². The molecular weight excluding hydrogens is 282 g/mol. The molecule has 23 heavy (non-hydrogen) atoms. The average Bonchev–Trinajstić information content (AvgIpc) is 2.62. The summed E-state index contributed by atoms with van der Waals surface area (Å²) < 4.78 is 0. The van der Waals surface area contributed by atoms with Crippen LogP contribution in [0, 0.1) is 0 Å². The van der Waals surface area contributed by atoms with Crippen molar-refractivity contribution in [2.24, 2.45) is 0 Å². The Labute approximate surface area is 136 Å². The zero-order valence-electron chi connectivity index (χ0n) is 13.1. The molecule has 0 aliphatic heterocycles. The molecule has 0 spiro atoms. The quantitative estimate of drug-likeness (QED) is 0.563. The molecule has 2 N–H and O–H groups in total. The first-order valence-corrected chi connectivity index (χ1v) is 7.70. The molecule has 0 radical (unpaired) electrons. The van der Waals surface area contributed by atoms with Gasteiger partial charge in [-0.3, -0.25) is 4.79 Å². The first-order valence-electron chi connectivity index (χ1n) is 7.70. The van der Waals surface area contributed by atoms with Crippen LogP contribution < -0.4 is 5.73 Å². The van der Waals surface area contributed by atoms with Gasteiger partial charge >= 0.3 is 0 Å². The first kappa shape index (κ1) is 15.0. The summed E-state index contributed by atoms with van der Waals surface area (Å²) in [4.78, 5) is 12.5. The summed E-state index contributed by atoms with van der Waals surface area (Å²) in [5, 5.41) is 0. The third-order valence-corrected chi connectivity index (χ3v) is 4.15. The largest absolute Gasteiger partial charge is 0.399 e. The minimum Gasteiger partial charge on any atom is -0.399 e. The standard InChI is InChI=1S/C21H19NO/c1-15(16-5-3-2-4-6-16)17-7-9-18(10-8-17)21(23)19-11-13-20(22)14-12-19/h2-15H,22H2,1H3. The van der Waals surface area contributed by atoms with Gasteiger partial charge in [0.25, 0.3) is 0 Å². The molecule has 0 aromatic heterocycles. The van der Waals surface area contributed by atoms with E-state index in [1.807, 2.05) is 42.5 Å². The van der Waals surface area contributed by atoms with Crippen LogP contribution in [0.5, 0.6) is 0 Å². The van der Waals surface area contributed by atoms with Crippen molar-refractivity contribution in [2.75, 3.05) is 5.73 Å². The van der Waals surface area contributed by atoms with Gasteiger partial charge in [-0.1, -0.05) is 61.5 Å². The number of nitrogen functional groups attached to an aromatic ring is 1. The molecular formula is C21H19NO.